The van der Waals surface area contributed by atoms with Gasteiger partial charge in [0.1, 0.15) is 17.9 Å². The number of nitrogens with zero attached hydrogens (tertiary/aromatic N) is 3. The molecule has 1 saturated heterocycles. The third-order valence-electron chi connectivity index (χ3n) is 3.25. The summed E-state index contributed by atoms with van der Waals surface area (Å²) in [6, 6.07) is 2.81. The molecular formula is C15H21N3O5. The number of nitro groups is 1. The number of hydrogen-bond acceptors (Lipinski definition) is 6. The molecule has 8 heteroatoms. The molecule has 1 atom stereocenters. The Balaban J connectivity index is 1.93. The Morgan fingerprint density at radius 1 is 1.43 bits per heavy atom. The summed E-state index contributed by atoms with van der Waals surface area (Å²) in [5.74, 6) is 0.312. The number of carbonyl (C=O) groups excluding carboxylic acids is 1. The summed E-state index contributed by atoms with van der Waals surface area (Å²) in [5.41, 5.74) is -0.624. The van der Waals surface area contributed by atoms with E-state index in [1.165, 1.54) is 12.1 Å². The molecule has 0 bridgehead atoms. The van der Waals surface area contributed by atoms with Crippen molar-refractivity contribution in [2.24, 2.45) is 0 Å². The molecule has 1 aliphatic rings. The summed E-state index contributed by atoms with van der Waals surface area (Å²) in [5, 5.41) is 10.6. The van der Waals surface area contributed by atoms with Gasteiger partial charge in [0.15, 0.2) is 0 Å². The van der Waals surface area contributed by atoms with Gasteiger partial charge in [0.25, 0.3) is 5.69 Å². The van der Waals surface area contributed by atoms with Crippen molar-refractivity contribution >= 4 is 11.8 Å². The van der Waals surface area contributed by atoms with Crippen molar-refractivity contribution in [2.45, 2.75) is 45.3 Å². The minimum absolute atomic E-state index is 0.0867. The summed E-state index contributed by atoms with van der Waals surface area (Å²) >= 11 is 0. The number of carbonyl (C=O) groups is 1. The van der Waals surface area contributed by atoms with E-state index in [4.69, 9.17) is 9.47 Å². The van der Waals surface area contributed by atoms with Gasteiger partial charge in [0.05, 0.1) is 11.5 Å². The van der Waals surface area contributed by atoms with Crippen LogP contribution < -0.4 is 4.74 Å². The topological polar surface area (TPSA) is 94.8 Å². The Hall–Kier alpha value is -2.38. The van der Waals surface area contributed by atoms with Gasteiger partial charge in [-0.3, -0.25) is 10.1 Å². The maximum atomic E-state index is 12.1. The van der Waals surface area contributed by atoms with E-state index in [-0.39, 0.29) is 17.9 Å². The van der Waals surface area contributed by atoms with E-state index in [2.05, 4.69) is 4.98 Å². The maximum Gasteiger partial charge on any atom is 0.410 e. The van der Waals surface area contributed by atoms with Gasteiger partial charge in [0, 0.05) is 18.7 Å². The number of aromatic nitrogens is 1. The van der Waals surface area contributed by atoms with E-state index in [9.17, 15) is 14.9 Å². The van der Waals surface area contributed by atoms with Crippen LogP contribution in [0.1, 0.15) is 33.6 Å². The van der Waals surface area contributed by atoms with E-state index in [1.54, 1.807) is 4.90 Å². The standard InChI is InChI=1S/C15H21N3O5/c1-15(2,3)23-14(19)17-8-4-5-12(10-17)22-13-7-6-11(9-16-13)18(20)21/h6-7,9,12H,4-5,8,10H2,1-3H3/t12-/m0/s1. The van der Waals surface area contributed by atoms with Crippen LogP contribution in [0.4, 0.5) is 10.5 Å². The smallest absolute Gasteiger partial charge is 0.410 e. The number of ether oxygens (including phenoxy) is 2. The van der Waals surface area contributed by atoms with Crippen molar-refractivity contribution in [1.29, 1.82) is 0 Å². The molecular weight excluding hydrogens is 302 g/mol. The molecule has 0 N–H and O–H groups in total. The molecule has 1 aromatic rings. The molecule has 1 fully saturated rings. The van der Waals surface area contributed by atoms with Crippen molar-refractivity contribution in [1.82, 2.24) is 9.88 Å². The van der Waals surface area contributed by atoms with Crippen LogP contribution in [0.5, 0.6) is 5.88 Å². The van der Waals surface area contributed by atoms with Crippen molar-refractivity contribution in [3.8, 4) is 5.88 Å². The fourth-order valence-electron chi connectivity index (χ4n) is 2.25. The summed E-state index contributed by atoms with van der Waals surface area (Å²) in [6.45, 7) is 6.51. The highest BCUT2D eigenvalue weighted by Crippen LogP contribution is 2.20. The van der Waals surface area contributed by atoms with Gasteiger partial charge < -0.3 is 14.4 Å². The molecule has 0 saturated carbocycles. The molecule has 1 aliphatic heterocycles. The van der Waals surface area contributed by atoms with Crippen LogP contribution in [-0.4, -0.2) is 45.7 Å². The Morgan fingerprint density at radius 2 is 2.17 bits per heavy atom. The largest absolute Gasteiger partial charge is 0.472 e. The average molecular weight is 323 g/mol. The Labute approximate surface area is 134 Å². The number of hydrogen-bond donors (Lipinski definition) is 0. The van der Waals surface area contributed by atoms with Crippen molar-refractivity contribution in [3.05, 3.63) is 28.4 Å². The van der Waals surface area contributed by atoms with Crippen LogP contribution in [0, 0.1) is 10.1 Å². The summed E-state index contributed by atoms with van der Waals surface area (Å²) < 4.78 is 11.1. The van der Waals surface area contributed by atoms with E-state index >= 15 is 0 Å². The lowest BCUT2D eigenvalue weighted by Crippen LogP contribution is -2.46. The highest BCUT2D eigenvalue weighted by molar-refractivity contribution is 5.68. The SMILES string of the molecule is CC(C)(C)OC(=O)N1CCC[C@H](Oc2ccc([N+](=O)[O-])cn2)C1. The second-order valence-electron chi connectivity index (χ2n) is 6.42. The van der Waals surface area contributed by atoms with E-state index < -0.39 is 10.5 Å². The van der Waals surface area contributed by atoms with E-state index in [0.717, 1.165) is 19.0 Å². The van der Waals surface area contributed by atoms with Crippen LogP contribution in [0.25, 0.3) is 0 Å². The lowest BCUT2D eigenvalue weighted by atomic mass is 10.1. The Kier molecular flexibility index (Phi) is 5.02. The predicted octanol–water partition coefficient (Wildman–Crippen LogP) is 2.77. The van der Waals surface area contributed by atoms with Crippen molar-refractivity contribution in [3.63, 3.8) is 0 Å². The van der Waals surface area contributed by atoms with Gasteiger partial charge in [-0.1, -0.05) is 0 Å². The first-order valence-electron chi connectivity index (χ1n) is 7.49. The zero-order chi connectivity index (χ0) is 17.0. The summed E-state index contributed by atoms with van der Waals surface area (Å²) in [7, 11) is 0. The summed E-state index contributed by atoms with van der Waals surface area (Å²) in [4.78, 5) is 27.7. The highest BCUT2D eigenvalue weighted by atomic mass is 16.6. The first-order valence-corrected chi connectivity index (χ1v) is 7.49. The number of likely N-dealkylation sites (tertiary alicyclic amines) is 1. The second-order valence-corrected chi connectivity index (χ2v) is 6.42. The lowest BCUT2D eigenvalue weighted by Gasteiger charge is -2.33. The molecule has 2 heterocycles. The predicted molar refractivity (Wildman–Crippen MR) is 82.3 cm³/mol. The molecule has 0 aromatic carbocycles. The second kappa shape index (κ2) is 6.80. The van der Waals surface area contributed by atoms with Gasteiger partial charge in [-0.2, -0.15) is 0 Å². The van der Waals surface area contributed by atoms with Gasteiger partial charge in [0.2, 0.25) is 5.88 Å². The molecule has 126 valence electrons. The van der Waals surface area contributed by atoms with Crippen LogP contribution in [-0.2, 0) is 4.74 Å². The lowest BCUT2D eigenvalue weighted by molar-refractivity contribution is -0.385. The molecule has 1 aromatic heterocycles. The molecule has 2 rings (SSSR count). The van der Waals surface area contributed by atoms with Gasteiger partial charge >= 0.3 is 6.09 Å². The number of amides is 1. The van der Waals surface area contributed by atoms with E-state index in [1.807, 2.05) is 20.8 Å². The van der Waals surface area contributed by atoms with Crippen LogP contribution in [0.2, 0.25) is 0 Å². The first kappa shape index (κ1) is 17.0. The number of rotatable bonds is 3. The molecule has 0 unspecified atom stereocenters. The first-order chi connectivity index (χ1) is 10.7. The van der Waals surface area contributed by atoms with Gasteiger partial charge in [-0.25, -0.2) is 9.78 Å². The molecule has 8 nitrogen and oxygen atoms in total. The normalized spacial score (nSPS) is 18.4. The minimum atomic E-state index is -0.537. The number of pyridine rings is 1. The molecule has 23 heavy (non-hydrogen) atoms. The molecule has 0 aliphatic carbocycles. The van der Waals surface area contributed by atoms with Crippen molar-refractivity contribution in [2.75, 3.05) is 13.1 Å². The quantitative estimate of drug-likeness (QED) is 0.627. The fourth-order valence-corrected chi connectivity index (χ4v) is 2.25. The van der Waals surface area contributed by atoms with Crippen LogP contribution >= 0.6 is 0 Å². The van der Waals surface area contributed by atoms with Crippen LogP contribution in [0.15, 0.2) is 18.3 Å². The third-order valence-corrected chi connectivity index (χ3v) is 3.25. The molecule has 0 radical (unpaired) electrons. The third kappa shape index (κ3) is 5.08. The monoisotopic (exact) mass is 323 g/mol. The van der Waals surface area contributed by atoms with Gasteiger partial charge in [-0.15, -0.1) is 0 Å². The Bertz CT molecular complexity index is 567. The summed E-state index contributed by atoms with van der Waals surface area (Å²) in [6.07, 6.45) is 2.19. The van der Waals surface area contributed by atoms with Crippen LogP contribution in [0.3, 0.4) is 0 Å². The van der Waals surface area contributed by atoms with Gasteiger partial charge in [-0.05, 0) is 33.6 Å². The zero-order valence-corrected chi connectivity index (χ0v) is 13.5. The van der Waals surface area contributed by atoms with Crippen molar-refractivity contribution < 1.29 is 19.2 Å². The minimum Gasteiger partial charge on any atom is -0.472 e. The maximum absolute atomic E-state index is 12.1. The number of piperidine rings is 1. The molecule has 0 spiro atoms. The van der Waals surface area contributed by atoms with E-state index in [0.29, 0.717) is 19.0 Å². The Morgan fingerprint density at radius 3 is 2.74 bits per heavy atom. The average Bonchev–Trinajstić information content (AvgIpc) is 2.46. The highest BCUT2D eigenvalue weighted by Gasteiger charge is 2.28. The fraction of sp³-hybridized carbons (Fsp3) is 0.600. The zero-order valence-electron chi connectivity index (χ0n) is 13.5. The molecule has 1 amide bonds.